The normalized spacial score (nSPS) is 12.4. The van der Waals surface area contributed by atoms with Crippen molar-refractivity contribution in [3.63, 3.8) is 0 Å². The summed E-state index contributed by atoms with van der Waals surface area (Å²) in [6, 6.07) is 104. The highest BCUT2D eigenvalue weighted by Crippen LogP contribution is 2.56. The first-order valence-corrected chi connectivity index (χ1v) is 28.4. The molecule has 19 aromatic rings. The molecule has 19 rings (SSSR count). The maximum Gasteiger partial charge on any atom is 0.0641 e. The van der Waals surface area contributed by atoms with E-state index < -0.39 is 0 Å². The minimum absolute atomic E-state index is 1.15. The summed E-state index contributed by atoms with van der Waals surface area (Å²) in [5.41, 5.74) is 24.0. The Morgan fingerprint density at radius 3 is 0.939 bits per heavy atom. The smallest absolute Gasteiger partial charge is 0.0641 e. The topological polar surface area (TPSA) is 18.7 Å². The second-order valence-electron chi connectivity index (χ2n) is 22.3. The predicted molar refractivity (Wildman–Crippen MR) is 346 cm³/mol. The number of benzene rings is 13. The minimum Gasteiger partial charge on any atom is -0.309 e. The van der Waals surface area contributed by atoms with Crippen molar-refractivity contribution in [2.45, 2.75) is 0 Å². The summed E-state index contributed by atoms with van der Waals surface area (Å²) in [7, 11) is 0. The number of para-hydroxylation sites is 6. The van der Waals surface area contributed by atoms with Crippen LogP contribution < -0.4 is 0 Å². The third kappa shape index (κ3) is 5.69. The van der Waals surface area contributed by atoms with Crippen molar-refractivity contribution in [1.82, 2.24) is 17.9 Å². The SMILES string of the molecule is c1ccc(-c2cccc(-c3c4c5cccc6c7c8c(ccc7n(c4c(-c4cccc(-c7ccccc7)c4)c4c7cccc9c%10c%11c(ccc%10n(c34)c79)c3ccccc3n%11-c3ccccc3)c56)c3ccccc3n8-c3ccccc3)c2)cc1. The lowest BCUT2D eigenvalue weighted by Crippen LogP contribution is -1.95. The fourth-order valence-corrected chi connectivity index (χ4v) is 15.0. The van der Waals surface area contributed by atoms with Gasteiger partial charge in [-0.2, -0.15) is 0 Å². The van der Waals surface area contributed by atoms with Crippen LogP contribution in [0.3, 0.4) is 0 Å². The molecule has 0 aliphatic rings. The van der Waals surface area contributed by atoms with Crippen LogP contribution in [0.1, 0.15) is 0 Å². The summed E-state index contributed by atoms with van der Waals surface area (Å²) in [4.78, 5) is 0. The molecule has 378 valence electrons. The molecule has 4 heteroatoms. The van der Waals surface area contributed by atoms with Gasteiger partial charge >= 0.3 is 0 Å². The highest BCUT2D eigenvalue weighted by Gasteiger charge is 2.33. The maximum absolute atomic E-state index is 2.67. The second kappa shape index (κ2) is 16.3. The standard InChI is InChI=1S/C78H46N4/c1-5-21-47(22-6-1)49-25-17-27-51(45-49)67-71-61-37-19-35-59-70-66(44-42-58-56-34-14-16-40-64(56)80(76(58)70)54-31-11-4-12-32-54)82(73(59)61)78(71)68(52-28-18-26-50(46-52)48-23-7-2-8-24-48)72-62-38-20-36-60-69-65(81(74(60)62)77(67)72)43-41-57-55-33-13-15-39-63(55)79(75(57)69)53-29-9-3-10-30-53/h1-46H. The molecule has 0 spiro atoms. The van der Waals surface area contributed by atoms with Gasteiger partial charge < -0.3 is 17.9 Å². The first-order valence-electron chi connectivity index (χ1n) is 28.4. The van der Waals surface area contributed by atoms with Crippen molar-refractivity contribution < 1.29 is 0 Å². The van der Waals surface area contributed by atoms with Gasteiger partial charge in [0.25, 0.3) is 0 Å². The van der Waals surface area contributed by atoms with Gasteiger partial charge in [0.05, 0.1) is 55.2 Å². The molecule has 0 saturated carbocycles. The molecule has 82 heavy (non-hydrogen) atoms. The summed E-state index contributed by atoms with van der Waals surface area (Å²) >= 11 is 0. The Kier molecular flexibility index (Phi) is 8.76. The first kappa shape index (κ1) is 44.0. The Morgan fingerprint density at radius 1 is 0.183 bits per heavy atom. The van der Waals surface area contributed by atoms with Gasteiger partial charge in [-0.1, -0.05) is 218 Å². The summed E-state index contributed by atoms with van der Waals surface area (Å²) in [6.07, 6.45) is 0. The Bertz CT molecular complexity index is 5480. The third-order valence-electron chi connectivity index (χ3n) is 18.1. The quantitative estimate of drug-likeness (QED) is 0.158. The summed E-state index contributed by atoms with van der Waals surface area (Å²) < 4.78 is 10.4. The van der Waals surface area contributed by atoms with Crippen LogP contribution in [0.4, 0.5) is 0 Å². The number of rotatable bonds is 6. The van der Waals surface area contributed by atoms with E-state index in [1.54, 1.807) is 0 Å². The van der Waals surface area contributed by atoms with Gasteiger partial charge in [0.1, 0.15) is 0 Å². The number of nitrogens with zero attached hydrogens (tertiary/aromatic N) is 4. The highest BCUT2D eigenvalue weighted by molar-refractivity contribution is 6.40. The molecule has 0 radical (unpaired) electrons. The van der Waals surface area contributed by atoms with Crippen LogP contribution in [-0.2, 0) is 0 Å². The molecule has 0 bridgehead atoms. The fraction of sp³-hybridized carbons (Fsp3) is 0. The maximum atomic E-state index is 2.67. The van der Waals surface area contributed by atoms with Gasteiger partial charge in [-0.25, -0.2) is 0 Å². The zero-order valence-electron chi connectivity index (χ0n) is 44.3. The Balaban J connectivity index is 1.08. The van der Waals surface area contributed by atoms with Gasteiger partial charge in [-0.3, -0.25) is 0 Å². The van der Waals surface area contributed by atoms with E-state index in [1.165, 1.54) is 164 Å². The van der Waals surface area contributed by atoms with Gasteiger partial charge in [-0.15, -0.1) is 0 Å². The van der Waals surface area contributed by atoms with Gasteiger partial charge in [0.15, 0.2) is 0 Å². The molecule has 0 N–H and O–H groups in total. The molecule has 0 unspecified atom stereocenters. The number of fused-ring (bicyclic) bond motifs is 20. The molecule has 0 amide bonds. The van der Waals surface area contributed by atoms with E-state index in [2.05, 4.69) is 297 Å². The molecule has 0 fully saturated rings. The molecule has 0 aliphatic carbocycles. The van der Waals surface area contributed by atoms with Crippen molar-refractivity contribution in [2.24, 2.45) is 0 Å². The first-order chi connectivity index (χ1) is 40.8. The van der Waals surface area contributed by atoms with Crippen molar-refractivity contribution >= 4 is 120 Å². The van der Waals surface area contributed by atoms with Crippen molar-refractivity contribution in [1.29, 1.82) is 0 Å². The van der Waals surface area contributed by atoms with E-state index in [9.17, 15) is 0 Å². The Morgan fingerprint density at radius 2 is 0.512 bits per heavy atom. The molecular weight excluding hydrogens is 993 g/mol. The minimum atomic E-state index is 1.15. The van der Waals surface area contributed by atoms with Gasteiger partial charge in [-0.05, 0) is 94.0 Å². The van der Waals surface area contributed by atoms with E-state index in [0.29, 0.717) is 0 Å². The van der Waals surface area contributed by atoms with E-state index >= 15 is 0 Å². The van der Waals surface area contributed by atoms with E-state index in [4.69, 9.17) is 0 Å². The molecule has 0 atom stereocenters. The Hall–Kier alpha value is -10.9. The van der Waals surface area contributed by atoms with Crippen LogP contribution in [0.5, 0.6) is 0 Å². The summed E-state index contributed by atoms with van der Waals surface area (Å²) in [6.45, 7) is 0. The van der Waals surface area contributed by atoms with Crippen molar-refractivity contribution in [2.75, 3.05) is 0 Å². The van der Waals surface area contributed by atoms with Crippen LogP contribution in [0, 0.1) is 0 Å². The van der Waals surface area contributed by atoms with Gasteiger partial charge in [0.2, 0.25) is 0 Å². The van der Waals surface area contributed by atoms with Crippen LogP contribution in [0.2, 0.25) is 0 Å². The van der Waals surface area contributed by atoms with Crippen molar-refractivity contribution in [3.8, 4) is 55.9 Å². The van der Waals surface area contributed by atoms with Crippen LogP contribution in [-0.4, -0.2) is 17.9 Å². The molecule has 0 aliphatic heterocycles. The predicted octanol–water partition coefficient (Wildman–Crippen LogP) is 20.8. The second-order valence-corrected chi connectivity index (χ2v) is 22.3. The number of hydrogen-bond acceptors (Lipinski definition) is 0. The van der Waals surface area contributed by atoms with Crippen LogP contribution in [0.25, 0.3) is 176 Å². The monoisotopic (exact) mass is 1040 g/mol. The zero-order chi connectivity index (χ0) is 53.3. The van der Waals surface area contributed by atoms with Crippen LogP contribution in [0.15, 0.2) is 279 Å². The molecular formula is C78H46N4. The molecule has 6 aromatic heterocycles. The average Bonchev–Trinajstić information content (AvgIpc) is 1.77. The van der Waals surface area contributed by atoms with E-state index in [-0.39, 0.29) is 0 Å². The average molecular weight is 1040 g/mol. The molecule has 4 nitrogen and oxygen atoms in total. The van der Waals surface area contributed by atoms with E-state index in [1.807, 2.05) is 0 Å². The van der Waals surface area contributed by atoms with Crippen molar-refractivity contribution in [3.05, 3.63) is 279 Å². The Labute approximate surface area is 470 Å². The number of hydrogen-bond donors (Lipinski definition) is 0. The fourth-order valence-electron chi connectivity index (χ4n) is 15.0. The lowest BCUT2D eigenvalue weighted by atomic mass is 9.87. The lowest BCUT2D eigenvalue weighted by molar-refractivity contribution is 1.19. The molecule has 6 heterocycles. The highest BCUT2D eigenvalue weighted by atomic mass is 15.0. The lowest BCUT2D eigenvalue weighted by Gasteiger charge is -2.17. The largest absolute Gasteiger partial charge is 0.309 e. The third-order valence-corrected chi connectivity index (χ3v) is 18.1. The summed E-state index contributed by atoms with van der Waals surface area (Å²) in [5, 5.41) is 15.0. The summed E-state index contributed by atoms with van der Waals surface area (Å²) in [5.74, 6) is 0. The van der Waals surface area contributed by atoms with Gasteiger partial charge in [0, 0.05) is 87.1 Å². The molecule has 0 saturated heterocycles. The molecule has 13 aromatic carbocycles. The zero-order valence-corrected chi connectivity index (χ0v) is 44.3. The van der Waals surface area contributed by atoms with Crippen LogP contribution >= 0.6 is 0 Å². The number of aromatic nitrogens is 4. The van der Waals surface area contributed by atoms with E-state index in [0.717, 1.165) is 11.4 Å².